The highest BCUT2D eigenvalue weighted by Crippen LogP contribution is 2.20. The molecule has 0 radical (unpaired) electrons. The number of aryl methyl sites for hydroxylation is 3. The second kappa shape index (κ2) is 5.90. The molecular weight excluding hydrogens is 288 g/mol. The molecule has 0 saturated carbocycles. The number of thiazole rings is 1. The average molecular weight is 306 g/mol. The van der Waals surface area contributed by atoms with Gasteiger partial charge in [-0.15, -0.1) is 11.3 Å². The highest BCUT2D eigenvalue weighted by molar-refractivity contribution is 7.15. The largest absolute Gasteiger partial charge is 0.304 e. The van der Waals surface area contributed by atoms with Crippen LogP contribution in [-0.4, -0.2) is 38.2 Å². The molecule has 2 N–H and O–H groups in total. The Labute approximate surface area is 126 Å². The molecule has 0 aromatic carbocycles. The first-order valence-corrected chi connectivity index (χ1v) is 7.77. The van der Waals surface area contributed by atoms with E-state index in [-0.39, 0.29) is 18.5 Å². The maximum atomic E-state index is 11.9. The van der Waals surface area contributed by atoms with Gasteiger partial charge in [0.15, 0.2) is 5.13 Å². The monoisotopic (exact) mass is 306 g/mol. The fourth-order valence-corrected chi connectivity index (χ4v) is 3.16. The third-order valence-corrected chi connectivity index (χ3v) is 4.62. The summed E-state index contributed by atoms with van der Waals surface area (Å²) in [6.07, 6.45) is 3.45. The maximum absolute atomic E-state index is 11.9. The molecule has 1 aliphatic rings. The van der Waals surface area contributed by atoms with Crippen molar-refractivity contribution in [2.45, 2.75) is 39.3 Å². The van der Waals surface area contributed by atoms with Crippen molar-refractivity contribution in [3.05, 3.63) is 22.7 Å². The summed E-state index contributed by atoms with van der Waals surface area (Å²) in [7, 11) is 0. The molecule has 3 heterocycles. The summed E-state index contributed by atoms with van der Waals surface area (Å²) in [6, 6.07) is 0.254. The summed E-state index contributed by atoms with van der Waals surface area (Å²) in [5, 5.41) is 10.9. The molecule has 0 saturated heterocycles. The van der Waals surface area contributed by atoms with E-state index >= 15 is 0 Å². The van der Waals surface area contributed by atoms with E-state index in [9.17, 15) is 4.79 Å². The SMILES string of the molecule is Cc1nc(NC(=O)CNC2CCc3ncnn3C2)sc1C. The van der Waals surface area contributed by atoms with Gasteiger partial charge in [-0.2, -0.15) is 5.10 Å². The predicted octanol–water partition coefficient (Wildman–Crippen LogP) is 0.895. The smallest absolute Gasteiger partial charge is 0.240 e. The number of nitrogens with zero attached hydrogens (tertiary/aromatic N) is 4. The number of anilines is 1. The van der Waals surface area contributed by atoms with Crippen LogP contribution in [0, 0.1) is 13.8 Å². The number of carbonyl (C=O) groups is 1. The number of amides is 1. The van der Waals surface area contributed by atoms with E-state index in [0.717, 1.165) is 35.8 Å². The molecule has 112 valence electrons. The lowest BCUT2D eigenvalue weighted by atomic mass is 10.1. The number of hydrogen-bond acceptors (Lipinski definition) is 6. The molecule has 0 bridgehead atoms. The predicted molar refractivity (Wildman–Crippen MR) is 80.4 cm³/mol. The molecule has 8 heteroatoms. The Morgan fingerprint density at radius 3 is 3.14 bits per heavy atom. The van der Waals surface area contributed by atoms with Gasteiger partial charge in [-0.1, -0.05) is 0 Å². The number of hydrogen-bond donors (Lipinski definition) is 2. The van der Waals surface area contributed by atoms with Crippen LogP contribution >= 0.6 is 11.3 Å². The Hall–Kier alpha value is -1.80. The van der Waals surface area contributed by atoms with E-state index < -0.39 is 0 Å². The minimum absolute atomic E-state index is 0.0619. The summed E-state index contributed by atoms with van der Waals surface area (Å²) >= 11 is 1.50. The molecule has 2 aromatic heterocycles. The normalized spacial score (nSPS) is 17.5. The van der Waals surface area contributed by atoms with Gasteiger partial charge in [-0.05, 0) is 20.3 Å². The van der Waals surface area contributed by atoms with Crippen LogP contribution in [0.1, 0.15) is 22.8 Å². The first kappa shape index (κ1) is 14.2. The lowest BCUT2D eigenvalue weighted by molar-refractivity contribution is -0.115. The first-order valence-electron chi connectivity index (χ1n) is 6.96. The molecule has 2 aromatic rings. The van der Waals surface area contributed by atoms with Crippen molar-refractivity contribution < 1.29 is 4.79 Å². The highest BCUT2D eigenvalue weighted by Gasteiger charge is 2.20. The third-order valence-electron chi connectivity index (χ3n) is 3.63. The highest BCUT2D eigenvalue weighted by atomic mass is 32.1. The third kappa shape index (κ3) is 3.27. The molecule has 0 aliphatic carbocycles. The van der Waals surface area contributed by atoms with E-state index in [0.29, 0.717) is 5.13 Å². The first-order chi connectivity index (χ1) is 10.1. The van der Waals surface area contributed by atoms with Crippen molar-refractivity contribution in [2.75, 3.05) is 11.9 Å². The zero-order valence-electron chi connectivity index (χ0n) is 12.1. The van der Waals surface area contributed by atoms with Crippen LogP contribution in [0.5, 0.6) is 0 Å². The molecule has 3 rings (SSSR count). The maximum Gasteiger partial charge on any atom is 0.240 e. The van der Waals surface area contributed by atoms with Crippen LogP contribution in [0.15, 0.2) is 6.33 Å². The Bertz CT molecular complexity index is 629. The van der Waals surface area contributed by atoms with Crippen molar-refractivity contribution in [1.29, 1.82) is 0 Å². The van der Waals surface area contributed by atoms with Gasteiger partial charge in [-0.3, -0.25) is 4.79 Å². The van der Waals surface area contributed by atoms with E-state index in [1.807, 2.05) is 18.5 Å². The van der Waals surface area contributed by atoms with Crippen molar-refractivity contribution in [2.24, 2.45) is 0 Å². The quantitative estimate of drug-likeness (QED) is 0.876. The van der Waals surface area contributed by atoms with E-state index in [1.165, 1.54) is 11.3 Å². The molecule has 0 spiro atoms. The number of nitrogens with one attached hydrogen (secondary N) is 2. The van der Waals surface area contributed by atoms with E-state index in [4.69, 9.17) is 0 Å². The zero-order chi connectivity index (χ0) is 14.8. The Morgan fingerprint density at radius 1 is 1.52 bits per heavy atom. The number of carbonyl (C=O) groups excluding carboxylic acids is 1. The average Bonchev–Trinajstić information content (AvgIpc) is 3.03. The number of aromatic nitrogens is 4. The lowest BCUT2D eigenvalue weighted by Crippen LogP contribution is -2.41. The summed E-state index contributed by atoms with van der Waals surface area (Å²) in [4.78, 5) is 21.6. The van der Waals surface area contributed by atoms with Gasteiger partial charge in [0.2, 0.25) is 5.91 Å². The van der Waals surface area contributed by atoms with Gasteiger partial charge >= 0.3 is 0 Å². The van der Waals surface area contributed by atoms with Crippen molar-refractivity contribution in [3.63, 3.8) is 0 Å². The number of fused-ring (bicyclic) bond motifs is 1. The van der Waals surface area contributed by atoms with Gasteiger partial charge in [0.25, 0.3) is 0 Å². The van der Waals surface area contributed by atoms with Crippen molar-refractivity contribution in [1.82, 2.24) is 25.1 Å². The molecule has 1 atom stereocenters. The molecular formula is C13H18N6OS. The fourth-order valence-electron chi connectivity index (χ4n) is 2.33. The summed E-state index contributed by atoms with van der Waals surface area (Å²) in [6.45, 7) is 4.99. The van der Waals surface area contributed by atoms with Gasteiger partial charge in [0.05, 0.1) is 18.8 Å². The second-order valence-electron chi connectivity index (χ2n) is 5.18. The van der Waals surface area contributed by atoms with Crippen LogP contribution < -0.4 is 10.6 Å². The summed E-state index contributed by atoms with van der Waals surface area (Å²) < 4.78 is 1.90. The second-order valence-corrected chi connectivity index (χ2v) is 6.39. The van der Waals surface area contributed by atoms with Gasteiger partial charge < -0.3 is 10.6 Å². The van der Waals surface area contributed by atoms with Crippen LogP contribution in [0.25, 0.3) is 0 Å². The Balaban J connectivity index is 1.48. The van der Waals surface area contributed by atoms with Crippen LogP contribution in [0.2, 0.25) is 0 Å². The van der Waals surface area contributed by atoms with Crippen LogP contribution in [-0.2, 0) is 17.8 Å². The Morgan fingerprint density at radius 2 is 2.38 bits per heavy atom. The van der Waals surface area contributed by atoms with Gasteiger partial charge in [0, 0.05) is 17.3 Å². The molecule has 1 aliphatic heterocycles. The number of rotatable bonds is 4. The molecule has 21 heavy (non-hydrogen) atoms. The van der Waals surface area contributed by atoms with Crippen LogP contribution in [0.3, 0.4) is 0 Å². The lowest BCUT2D eigenvalue weighted by Gasteiger charge is -2.23. The summed E-state index contributed by atoms with van der Waals surface area (Å²) in [5.74, 6) is 0.958. The molecule has 0 fully saturated rings. The molecule has 7 nitrogen and oxygen atoms in total. The molecule has 1 unspecified atom stereocenters. The van der Waals surface area contributed by atoms with E-state index in [1.54, 1.807) is 6.33 Å². The Kier molecular flexibility index (Phi) is 3.98. The van der Waals surface area contributed by atoms with Gasteiger partial charge in [-0.25, -0.2) is 14.6 Å². The van der Waals surface area contributed by atoms with Crippen LogP contribution in [0.4, 0.5) is 5.13 Å². The zero-order valence-corrected chi connectivity index (χ0v) is 12.9. The van der Waals surface area contributed by atoms with Crippen molar-refractivity contribution in [3.8, 4) is 0 Å². The topological polar surface area (TPSA) is 84.7 Å². The standard InChI is InChI=1S/C13H18N6OS/c1-8-9(2)21-13(17-8)18-12(20)5-14-10-3-4-11-15-7-16-19(11)6-10/h7,10,14H,3-6H2,1-2H3,(H,17,18,20). The van der Waals surface area contributed by atoms with E-state index in [2.05, 4.69) is 25.7 Å². The minimum Gasteiger partial charge on any atom is -0.304 e. The summed E-state index contributed by atoms with van der Waals surface area (Å²) in [5.41, 5.74) is 0.967. The van der Waals surface area contributed by atoms with Crippen molar-refractivity contribution >= 4 is 22.4 Å². The molecule has 1 amide bonds. The fraction of sp³-hybridized carbons (Fsp3) is 0.538. The van der Waals surface area contributed by atoms with Gasteiger partial charge in [0.1, 0.15) is 12.2 Å². The minimum atomic E-state index is -0.0619.